The van der Waals surface area contributed by atoms with E-state index in [1.807, 2.05) is 6.92 Å². The molecular weight excluding hydrogens is 525 g/mol. The van der Waals surface area contributed by atoms with Gasteiger partial charge in [0, 0.05) is 5.41 Å². The Morgan fingerprint density at radius 1 is 0.900 bits per heavy atom. The largest absolute Gasteiger partial charge is 0.414 e. The summed E-state index contributed by atoms with van der Waals surface area (Å²) in [4.78, 5) is 0. The van der Waals surface area contributed by atoms with Crippen LogP contribution < -0.4 is 0 Å². The van der Waals surface area contributed by atoms with Gasteiger partial charge in [-0.2, -0.15) is 0 Å². The summed E-state index contributed by atoms with van der Waals surface area (Å²) in [6.45, 7) is 32.9. The van der Waals surface area contributed by atoms with Crippen LogP contribution in [-0.4, -0.2) is 39.6 Å². The van der Waals surface area contributed by atoms with Crippen LogP contribution in [0.25, 0.3) is 0 Å². The molecular formula is C35H62O3Si2. The molecule has 4 rings (SSSR count). The maximum atomic E-state index is 11.4. The summed E-state index contributed by atoms with van der Waals surface area (Å²) >= 11 is 0. The lowest BCUT2D eigenvalue weighted by Gasteiger charge is -2.59. The van der Waals surface area contributed by atoms with Crippen molar-refractivity contribution in [2.45, 2.75) is 162 Å². The number of aliphatic hydroxyl groups is 1. The average molecular weight is 587 g/mol. The van der Waals surface area contributed by atoms with Gasteiger partial charge in [-0.3, -0.25) is 0 Å². The molecule has 7 atom stereocenters. The first-order valence-electron chi connectivity index (χ1n) is 16.2. The Kier molecular flexibility index (Phi) is 8.14. The summed E-state index contributed by atoms with van der Waals surface area (Å²) in [5.41, 5.74) is 3.77. The van der Waals surface area contributed by atoms with Gasteiger partial charge >= 0.3 is 0 Å². The molecule has 4 aliphatic rings. The van der Waals surface area contributed by atoms with Crippen molar-refractivity contribution in [3.05, 3.63) is 34.9 Å². The third-order valence-electron chi connectivity index (χ3n) is 13.0. The molecule has 5 heteroatoms. The zero-order valence-corrected chi connectivity index (χ0v) is 30.5. The van der Waals surface area contributed by atoms with Crippen molar-refractivity contribution in [2.75, 3.05) is 0 Å². The monoisotopic (exact) mass is 586 g/mol. The van der Waals surface area contributed by atoms with E-state index in [4.69, 9.17) is 8.85 Å². The van der Waals surface area contributed by atoms with Gasteiger partial charge < -0.3 is 14.0 Å². The molecule has 3 unspecified atom stereocenters. The molecule has 2 fully saturated rings. The zero-order chi connectivity index (χ0) is 30.3. The Balaban J connectivity index is 1.75. The first kappa shape index (κ1) is 32.4. The highest BCUT2D eigenvalue weighted by atomic mass is 28.4. The van der Waals surface area contributed by atoms with E-state index in [0.29, 0.717) is 11.8 Å². The first-order valence-corrected chi connectivity index (χ1v) is 22.0. The zero-order valence-electron chi connectivity index (χ0n) is 28.5. The Labute approximate surface area is 249 Å². The van der Waals surface area contributed by atoms with Gasteiger partial charge in [-0.05, 0) is 105 Å². The van der Waals surface area contributed by atoms with Gasteiger partial charge in [0.1, 0.15) is 0 Å². The van der Waals surface area contributed by atoms with Crippen LogP contribution in [0.3, 0.4) is 0 Å². The van der Waals surface area contributed by atoms with Crippen molar-refractivity contribution < 1.29 is 14.0 Å². The fourth-order valence-electron chi connectivity index (χ4n) is 8.00. The molecule has 4 aliphatic carbocycles. The van der Waals surface area contributed by atoms with Gasteiger partial charge in [0.2, 0.25) is 0 Å². The Morgan fingerprint density at radius 2 is 1.48 bits per heavy atom. The van der Waals surface area contributed by atoms with E-state index in [2.05, 4.69) is 107 Å². The third-order valence-corrected chi connectivity index (χ3v) is 22.0. The van der Waals surface area contributed by atoms with Crippen molar-refractivity contribution in [1.82, 2.24) is 0 Å². The number of rotatable bonds is 6. The van der Waals surface area contributed by atoms with E-state index in [1.165, 1.54) is 5.57 Å². The van der Waals surface area contributed by atoms with E-state index in [0.717, 1.165) is 38.5 Å². The molecule has 0 bridgehead atoms. The number of fused-ring (bicyclic) bond motifs is 5. The fourth-order valence-corrected chi connectivity index (χ4v) is 10.8. The van der Waals surface area contributed by atoms with Crippen LogP contribution in [0.1, 0.15) is 108 Å². The van der Waals surface area contributed by atoms with E-state index in [9.17, 15) is 5.11 Å². The Morgan fingerprint density at radius 3 is 2.02 bits per heavy atom. The summed E-state index contributed by atoms with van der Waals surface area (Å²) in [6, 6.07) is 0. The Hall–Kier alpha value is -0.466. The highest BCUT2D eigenvalue weighted by molar-refractivity contribution is 6.74. The van der Waals surface area contributed by atoms with Crippen molar-refractivity contribution in [3.63, 3.8) is 0 Å². The molecule has 0 heterocycles. The lowest BCUT2D eigenvalue weighted by molar-refractivity contribution is -0.0411. The molecule has 2 saturated carbocycles. The summed E-state index contributed by atoms with van der Waals surface area (Å²) in [7, 11) is -3.92. The SMILES string of the molecule is CCC(C)(O)C1=CC[C@H]2C3=CC=C4CC(O[Si](C)(C)C(C)(C)C)CC(O[Si](C)(C)C(C)(C)C)[C@]4(C)[C@H]3CC[C@]12C. The van der Waals surface area contributed by atoms with Crippen molar-refractivity contribution in [1.29, 1.82) is 0 Å². The van der Waals surface area contributed by atoms with Crippen LogP contribution in [0.15, 0.2) is 34.9 Å². The third kappa shape index (κ3) is 5.16. The van der Waals surface area contributed by atoms with Gasteiger partial charge in [0.25, 0.3) is 0 Å². The summed E-state index contributed by atoms with van der Waals surface area (Å²) in [5, 5.41) is 11.7. The van der Waals surface area contributed by atoms with Crippen LogP contribution in [0.2, 0.25) is 36.3 Å². The quantitative estimate of drug-likeness (QED) is 0.249. The second-order valence-electron chi connectivity index (χ2n) is 17.5. The standard InChI is InChI=1S/C35H62O3Si2/c1-15-34(9,36)29-19-18-27-26-17-16-24-22-25(37-39(11,12)31(2,3)4)23-30(38-40(13,14)32(5,6)7)35(24,10)28(26)20-21-33(27,29)8/h16-17,19,25,27-28,30,36H,15,18,20-23H2,1-14H3/t25?,27-,28-,30?,33-,34?,35-/m0/s1. The normalized spacial score (nSPS) is 36.5. The average Bonchev–Trinajstić information content (AvgIpc) is 3.16. The molecule has 40 heavy (non-hydrogen) atoms. The number of allylic oxidation sites excluding steroid dienone is 4. The highest BCUT2D eigenvalue weighted by Crippen LogP contribution is 2.66. The number of hydrogen-bond donors (Lipinski definition) is 1. The minimum Gasteiger partial charge on any atom is -0.414 e. The first-order chi connectivity index (χ1) is 18.0. The van der Waals surface area contributed by atoms with Gasteiger partial charge in [0.15, 0.2) is 16.6 Å². The van der Waals surface area contributed by atoms with Crippen molar-refractivity contribution >= 4 is 16.6 Å². The van der Waals surface area contributed by atoms with Gasteiger partial charge in [-0.1, -0.05) is 91.7 Å². The van der Waals surface area contributed by atoms with Crippen LogP contribution in [0, 0.1) is 22.7 Å². The minimum absolute atomic E-state index is 0.00967. The van der Waals surface area contributed by atoms with E-state index < -0.39 is 22.2 Å². The smallest absolute Gasteiger partial charge is 0.192 e. The van der Waals surface area contributed by atoms with Crippen molar-refractivity contribution in [2.24, 2.45) is 22.7 Å². The molecule has 0 aliphatic heterocycles. The van der Waals surface area contributed by atoms with Crippen LogP contribution in [-0.2, 0) is 8.85 Å². The topological polar surface area (TPSA) is 38.7 Å². The molecule has 1 N–H and O–H groups in total. The molecule has 3 nitrogen and oxygen atoms in total. The number of hydrogen-bond acceptors (Lipinski definition) is 3. The molecule has 0 saturated heterocycles. The second kappa shape index (κ2) is 10.0. The van der Waals surface area contributed by atoms with Gasteiger partial charge in [-0.15, -0.1) is 0 Å². The minimum atomic E-state index is -2.01. The van der Waals surface area contributed by atoms with Gasteiger partial charge in [-0.25, -0.2) is 0 Å². The summed E-state index contributed by atoms with van der Waals surface area (Å²) in [6.07, 6.45) is 13.9. The maximum Gasteiger partial charge on any atom is 0.192 e. The van der Waals surface area contributed by atoms with Gasteiger partial charge in [0.05, 0.1) is 17.8 Å². The molecule has 0 aromatic rings. The molecule has 0 aromatic heterocycles. The predicted molar refractivity (Wildman–Crippen MR) is 176 cm³/mol. The lowest BCUT2D eigenvalue weighted by Crippen LogP contribution is -2.58. The molecule has 0 radical (unpaired) electrons. The molecule has 228 valence electrons. The maximum absolute atomic E-state index is 11.4. The van der Waals surface area contributed by atoms with Crippen LogP contribution in [0.4, 0.5) is 0 Å². The predicted octanol–water partition coefficient (Wildman–Crippen LogP) is 9.96. The van der Waals surface area contributed by atoms with E-state index >= 15 is 0 Å². The Bertz CT molecular complexity index is 1080. The van der Waals surface area contributed by atoms with Crippen molar-refractivity contribution in [3.8, 4) is 0 Å². The van der Waals surface area contributed by atoms with Crippen LogP contribution in [0.5, 0.6) is 0 Å². The second-order valence-corrected chi connectivity index (χ2v) is 27.0. The summed E-state index contributed by atoms with van der Waals surface area (Å²) in [5.74, 6) is 0.970. The highest BCUT2D eigenvalue weighted by Gasteiger charge is 2.60. The molecule has 0 aromatic carbocycles. The molecule has 0 spiro atoms. The summed E-state index contributed by atoms with van der Waals surface area (Å²) < 4.78 is 14.6. The lowest BCUT2D eigenvalue weighted by atomic mass is 9.49. The van der Waals surface area contributed by atoms with E-state index in [1.54, 1.807) is 11.1 Å². The van der Waals surface area contributed by atoms with E-state index in [-0.39, 0.29) is 33.1 Å². The molecule has 0 amide bonds. The van der Waals surface area contributed by atoms with Crippen LogP contribution >= 0.6 is 0 Å². The fraction of sp³-hybridized carbons (Fsp3) is 0.829.